The predicted octanol–water partition coefficient (Wildman–Crippen LogP) is 7.47. The standard InChI is InChI=1S/C24H42/c1-17-19-13-9-11-18-12-10-14-20(21(18)19)24(17,5)22(2,3)23(4)15-7-6-8-16-23/h17-21H,6-16H2,1-5H3. The van der Waals surface area contributed by atoms with Gasteiger partial charge in [-0.05, 0) is 71.5 Å². The van der Waals surface area contributed by atoms with Crippen LogP contribution in [0.4, 0.5) is 0 Å². The van der Waals surface area contributed by atoms with E-state index in [0.717, 1.165) is 29.6 Å². The van der Waals surface area contributed by atoms with Gasteiger partial charge in [-0.2, -0.15) is 0 Å². The topological polar surface area (TPSA) is 0 Å². The van der Waals surface area contributed by atoms with Crippen LogP contribution in [-0.4, -0.2) is 0 Å². The molecule has 24 heavy (non-hydrogen) atoms. The molecule has 4 aliphatic carbocycles. The van der Waals surface area contributed by atoms with E-state index in [4.69, 9.17) is 0 Å². The Morgan fingerprint density at radius 3 is 2.08 bits per heavy atom. The van der Waals surface area contributed by atoms with E-state index in [1.807, 2.05) is 0 Å². The van der Waals surface area contributed by atoms with Gasteiger partial charge in [0.1, 0.15) is 0 Å². The zero-order valence-electron chi connectivity index (χ0n) is 17.2. The molecule has 138 valence electrons. The van der Waals surface area contributed by atoms with Gasteiger partial charge in [-0.1, -0.05) is 79.6 Å². The van der Waals surface area contributed by atoms with Gasteiger partial charge in [0.25, 0.3) is 0 Å². The summed E-state index contributed by atoms with van der Waals surface area (Å²) >= 11 is 0. The van der Waals surface area contributed by atoms with Crippen molar-refractivity contribution >= 4 is 0 Å². The van der Waals surface area contributed by atoms with Crippen LogP contribution in [0.2, 0.25) is 0 Å². The molecular formula is C24H42. The molecule has 0 bridgehead atoms. The fourth-order valence-corrected chi connectivity index (χ4v) is 8.81. The Balaban J connectivity index is 1.74. The molecule has 0 amide bonds. The predicted molar refractivity (Wildman–Crippen MR) is 104 cm³/mol. The van der Waals surface area contributed by atoms with Gasteiger partial charge in [-0.25, -0.2) is 0 Å². The van der Waals surface area contributed by atoms with Gasteiger partial charge < -0.3 is 0 Å². The first-order chi connectivity index (χ1) is 11.3. The molecule has 0 aromatic carbocycles. The zero-order valence-corrected chi connectivity index (χ0v) is 17.2. The minimum absolute atomic E-state index is 0.476. The highest BCUT2D eigenvalue weighted by molar-refractivity contribution is 5.14. The lowest BCUT2D eigenvalue weighted by Crippen LogP contribution is -2.53. The lowest BCUT2D eigenvalue weighted by atomic mass is 9.44. The van der Waals surface area contributed by atoms with Crippen LogP contribution < -0.4 is 0 Å². The zero-order chi connectivity index (χ0) is 17.2. The lowest BCUT2D eigenvalue weighted by Gasteiger charge is -2.60. The Morgan fingerprint density at radius 1 is 0.792 bits per heavy atom. The highest BCUT2D eigenvalue weighted by Crippen LogP contribution is 2.73. The molecule has 6 atom stereocenters. The lowest BCUT2D eigenvalue weighted by molar-refractivity contribution is -0.116. The van der Waals surface area contributed by atoms with E-state index < -0.39 is 0 Å². The molecule has 0 radical (unpaired) electrons. The fraction of sp³-hybridized carbons (Fsp3) is 1.00. The summed E-state index contributed by atoms with van der Waals surface area (Å²) in [5, 5.41) is 0. The maximum Gasteiger partial charge on any atom is -0.0210 e. The van der Waals surface area contributed by atoms with Gasteiger partial charge >= 0.3 is 0 Å². The van der Waals surface area contributed by atoms with E-state index in [1.165, 1.54) is 51.4 Å². The van der Waals surface area contributed by atoms with Crippen LogP contribution in [-0.2, 0) is 0 Å². The quantitative estimate of drug-likeness (QED) is 0.492. The van der Waals surface area contributed by atoms with E-state index in [0.29, 0.717) is 16.2 Å². The summed E-state index contributed by atoms with van der Waals surface area (Å²) in [7, 11) is 0. The van der Waals surface area contributed by atoms with Gasteiger partial charge in [0.05, 0.1) is 0 Å². The molecular weight excluding hydrogens is 288 g/mol. The van der Waals surface area contributed by atoms with E-state index in [1.54, 1.807) is 19.3 Å². The summed E-state index contributed by atoms with van der Waals surface area (Å²) in [4.78, 5) is 0. The third-order valence-corrected chi connectivity index (χ3v) is 10.9. The van der Waals surface area contributed by atoms with Crippen LogP contribution in [0.15, 0.2) is 0 Å². The Bertz CT molecular complexity index is 466. The first-order valence-corrected chi connectivity index (χ1v) is 11.3. The Hall–Kier alpha value is 0. The summed E-state index contributed by atoms with van der Waals surface area (Å²) in [6.45, 7) is 13.5. The first-order valence-electron chi connectivity index (χ1n) is 11.3. The largest absolute Gasteiger partial charge is 0.0617 e. The molecule has 4 saturated carbocycles. The van der Waals surface area contributed by atoms with Crippen molar-refractivity contribution in [2.24, 2.45) is 45.8 Å². The molecule has 0 nitrogen and oxygen atoms in total. The minimum Gasteiger partial charge on any atom is -0.0617 e. The maximum atomic E-state index is 2.77. The van der Waals surface area contributed by atoms with Gasteiger partial charge in [-0.15, -0.1) is 0 Å². The molecule has 0 heteroatoms. The number of hydrogen-bond acceptors (Lipinski definition) is 0. The molecule has 4 rings (SSSR count). The Labute approximate surface area is 151 Å². The normalized spacial score (nSPS) is 48.1. The average molecular weight is 331 g/mol. The molecule has 0 spiro atoms. The van der Waals surface area contributed by atoms with Crippen LogP contribution in [0.3, 0.4) is 0 Å². The molecule has 0 aliphatic heterocycles. The number of rotatable bonds is 2. The van der Waals surface area contributed by atoms with Crippen molar-refractivity contribution in [3.05, 3.63) is 0 Å². The molecule has 0 heterocycles. The van der Waals surface area contributed by atoms with Gasteiger partial charge in [-0.3, -0.25) is 0 Å². The summed E-state index contributed by atoms with van der Waals surface area (Å²) in [5.74, 6) is 5.17. The van der Waals surface area contributed by atoms with Gasteiger partial charge in [0.2, 0.25) is 0 Å². The summed E-state index contributed by atoms with van der Waals surface area (Å²) in [6, 6.07) is 0. The molecule has 0 aromatic rings. The highest BCUT2D eigenvalue weighted by Gasteiger charge is 2.66. The third-order valence-electron chi connectivity index (χ3n) is 10.9. The van der Waals surface area contributed by atoms with Crippen molar-refractivity contribution in [3.8, 4) is 0 Å². The summed E-state index contributed by atoms with van der Waals surface area (Å²) in [6.07, 6.45) is 16.6. The molecule has 4 aliphatic rings. The van der Waals surface area contributed by atoms with Crippen molar-refractivity contribution < 1.29 is 0 Å². The molecule has 0 saturated heterocycles. The molecule has 0 aromatic heterocycles. The average Bonchev–Trinajstić information content (AvgIpc) is 2.81. The van der Waals surface area contributed by atoms with E-state index in [-0.39, 0.29) is 0 Å². The first kappa shape index (κ1) is 17.4. The Kier molecular flexibility index (Phi) is 4.17. The SMILES string of the molecule is CC1C2CCCC3CCCC(C32)C1(C)C(C)(C)C1(C)CCCCC1. The van der Waals surface area contributed by atoms with Crippen LogP contribution >= 0.6 is 0 Å². The smallest absolute Gasteiger partial charge is 0.0210 e. The summed E-state index contributed by atoms with van der Waals surface area (Å²) in [5.41, 5.74) is 1.59. The second kappa shape index (κ2) is 5.75. The second-order valence-electron chi connectivity index (χ2n) is 11.3. The Morgan fingerprint density at radius 2 is 1.42 bits per heavy atom. The van der Waals surface area contributed by atoms with Crippen LogP contribution in [0.1, 0.15) is 105 Å². The molecule has 4 fully saturated rings. The highest BCUT2D eigenvalue weighted by atomic mass is 14.7. The van der Waals surface area contributed by atoms with Gasteiger partial charge in [0.15, 0.2) is 0 Å². The monoisotopic (exact) mass is 330 g/mol. The molecule has 0 N–H and O–H groups in total. The van der Waals surface area contributed by atoms with Crippen molar-refractivity contribution in [2.75, 3.05) is 0 Å². The van der Waals surface area contributed by atoms with Crippen molar-refractivity contribution in [1.82, 2.24) is 0 Å². The molecule has 6 unspecified atom stereocenters. The van der Waals surface area contributed by atoms with Crippen molar-refractivity contribution in [1.29, 1.82) is 0 Å². The van der Waals surface area contributed by atoms with Crippen LogP contribution in [0.5, 0.6) is 0 Å². The van der Waals surface area contributed by atoms with Gasteiger partial charge in [0, 0.05) is 0 Å². The minimum atomic E-state index is 0.476. The maximum absolute atomic E-state index is 2.77. The fourth-order valence-electron chi connectivity index (χ4n) is 8.81. The third kappa shape index (κ3) is 2.10. The van der Waals surface area contributed by atoms with Crippen molar-refractivity contribution in [3.63, 3.8) is 0 Å². The number of hydrogen-bond donors (Lipinski definition) is 0. The summed E-state index contributed by atoms with van der Waals surface area (Å²) < 4.78 is 0. The second-order valence-corrected chi connectivity index (χ2v) is 11.3. The van der Waals surface area contributed by atoms with E-state index in [9.17, 15) is 0 Å². The van der Waals surface area contributed by atoms with Crippen LogP contribution in [0.25, 0.3) is 0 Å². The van der Waals surface area contributed by atoms with Crippen LogP contribution in [0, 0.1) is 45.8 Å². The van der Waals surface area contributed by atoms with E-state index in [2.05, 4.69) is 34.6 Å². The van der Waals surface area contributed by atoms with E-state index >= 15 is 0 Å². The van der Waals surface area contributed by atoms with Crippen molar-refractivity contribution in [2.45, 2.75) is 105 Å².